The lowest BCUT2D eigenvalue weighted by Gasteiger charge is -2.32. The van der Waals surface area contributed by atoms with Gasteiger partial charge in [0.05, 0.1) is 5.69 Å². The lowest BCUT2D eigenvalue weighted by atomic mass is 9.74. The molecule has 0 saturated carbocycles. The Kier molecular flexibility index (Phi) is 8.52. The minimum Gasteiger partial charge on any atom is -0.456 e. The Labute approximate surface area is 372 Å². The van der Waals surface area contributed by atoms with Crippen LogP contribution in [0.5, 0.6) is 0 Å². The standard InChI is InChI=1S/C61H55NO/c1-58(2,3)39-34-51(59(4,5)6)57-52(35-39)60(7,8)49-27-19-25-47(56(49)57)44-23-14-17-28-53(44)62(41-31-33-46-45-24-15-18-29-54(45)63-55(46)37-41)40-30-32-43-42-22-13-16-26-48(42)61(9,50(43)36-40)38-20-11-10-12-21-38/h10-37H,1-9H3. The monoisotopic (exact) mass is 817 g/mol. The molecule has 0 spiro atoms. The number of furan rings is 1. The van der Waals surface area contributed by atoms with Crippen molar-refractivity contribution in [2.45, 2.75) is 84.0 Å². The van der Waals surface area contributed by atoms with Gasteiger partial charge in [-0.1, -0.05) is 183 Å². The summed E-state index contributed by atoms with van der Waals surface area (Å²) in [5.74, 6) is 0. The number of rotatable bonds is 5. The molecule has 0 amide bonds. The highest BCUT2D eigenvalue weighted by atomic mass is 16.3. The molecule has 2 heteroatoms. The smallest absolute Gasteiger partial charge is 0.137 e. The van der Waals surface area contributed by atoms with Crippen LogP contribution in [0.3, 0.4) is 0 Å². The second-order valence-electron chi connectivity index (χ2n) is 20.7. The molecule has 0 bridgehead atoms. The zero-order valence-electron chi connectivity index (χ0n) is 38.0. The summed E-state index contributed by atoms with van der Waals surface area (Å²) in [6.07, 6.45) is 0. The van der Waals surface area contributed by atoms with Crippen molar-refractivity contribution >= 4 is 39.0 Å². The van der Waals surface area contributed by atoms with E-state index in [0.717, 1.165) is 39.0 Å². The maximum atomic E-state index is 6.61. The van der Waals surface area contributed by atoms with Gasteiger partial charge < -0.3 is 9.32 Å². The summed E-state index contributed by atoms with van der Waals surface area (Å²) in [6.45, 7) is 21.4. The van der Waals surface area contributed by atoms with Crippen LogP contribution < -0.4 is 4.90 Å². The second kappa shape index (κ2) is 13.7. The van der Waals surface area contributed by atoms with Gasteiger partial charge in [-0.3, -0.25) is 0 Å². The van der Waals surface area contributed by atoms with Crippen LogP contribution in [0.15, 0.2) is 174 Å². The summed E-state index contributed by atoms with van der Waals surface area (Å²) >= 11 is 0. The number of hydrogen-bond donors (Lipinski definition) is 0. The summed E-state index contributed by atoms with van der Waals surface area (Å²) in [5.41, 5.74) is 21.8. The lowest BCUT2D eigenvalue weighted by Crippen LogP contribution is -2.22. The van der Waals surface area contributed by atoms with E-state index in [4.69, 9.17) is 4.42 Å². The first-order valence-corrected chi connectivity index (χ1v) is 22.6. The van der Waals surface area contributed by atoms with Crippen molar-refractivity contribution in [2.75, 3.05) is 4.90 Å². The van der Waals surface area contributed by atoms with Crippen molar-refractivity contribution in [3.63, 3.8) is 0 Å². The Balaban J connectivity index is 1.18. The van der Waals surface area contributed by atoms with Crippen LogP contribution in [0, 0.1) is 0 Å². The summed E-state index contributed by atoms with van der Waals surface area (Å²) in [6, 6.07) is 63.3. The van der Waals surface area contributed by atoms with Crippen LogP contribution in [-0.2, 0) is 21.7 Å². The highest BCUT2D eigenvalue weighted by Crippen LogP contribution is 2.58. The van der Waals surface area contributed by atoms with E-state index in [1.807, 2.05) is 6.07 Å². The zero-order chi connectivity index (χ0) is 43.6. The van der Waals surface area contributed by atoms with Crippen molar-refractivity contribution in [3.05, 3.63) is 209 Å². The molecule has 2 nitrogen and oxygen atoms in total. The summed E-state index contributed by atoms with van der Waals surface area (Å²) in [4.78, 5) is 2.48. The van der Waals surface area contributed by atoms with E-state index >= 15 is 0 Å². The summed E-state index contributed by atoms with van der Waals surface area (Å²) < 4.78 is 6.61. The van der Waals surface area contributed by atoms with Crippen molar-refractivity contribution in [3.8, 4) is 33.4 Å². The molecule has 1 atom stereocenters. The van der Waals surface area contributed by atoms with E-state index in [-0.39, 0.29) is 21.7 Å². The number of nitrogens with zero attached hydrogens (tertiary/aromatic N) is 1. The van der Waals surface area contributed by atoms with E-state index in [2.05, 4.69) is 231 Å². The predicted octanol–water partition coefficient (Wildman–Crippen LogP) is 17.0. The number of anilines is 3. The van der Waals surface area contributed by atoms with Crippen LogP contribution in [0.25, 0.3) is 55.3 Å². The first kappa shape index (κ1) is 39.2. The molecular formula is C61H55NO. The van der Waals surface area contributed by atoms with Gasteiger partial charge in [0, 0.05) is 44.6 Å². The summed E-state index contributed by atoms with van der Waals surface area (Å²) in [5, 5.41) is 2.25. The molecule has 0 fully saturated rings. The van der Waals surface area contributed by atoms with Crippen LogP contribution in [0.1, 0.15) is 101 Å². The van der Waals surface area contributed by atoms with Crippen LogP contribution >= 0.6 is 0 Å². The van der Waals surface area contributed by atoms with E-state index in [9.17, 15) is 0 Å². The number of fused-ring (bicyclic) bond motifs is 9. The normalized spacial score (nSPS) is 16.2. The van der Waals surface area contributed by atoms with Gasteiger partial charge in [-0.25, -0.2) is 0 Å². The molecule has 310 valence electrons. The largest absolute Gasteiger partial charge is 0.456 e. The van der Waals surface area contributed by atoms with Crippen molar-refractivity contribution in [1.82, 2.24) is 0 Å². The van der Waals surface area contributed by atoms with Gasteiger partial charge in [0.25, 0.3) is 0 Å². The molecular weight excluding hydrogens is 763 g/mol. The van der Waals surface area contributed by atoms with E-state index in [1.54, 1.807) is 0 Å². The molecule has 1 unspecified atom stereocenters. The Morgan fingerprint density at radius 2 is 1.05 bits per heavy atom. The molecule has 2 aliphatic rings. The molecule has 63 heavy (non-hydrogen) atoms. The molecule has 0 radical (unpaired) electrons. The highest BCUT2D eigenvalue weighted by molar-refractivity contribution is 6.07. The second-order valence-corrected chi connectivity index (χ2v) is 20.7. The van der Waals surface area contributed by atoms with Gasteiger partial charge in [0.15, 0.2) is 0 Å². The lowest BCUT2D eigenvalue weighted by molar-refractivity contribution is 0.564. The van der Waals surface area contributed by atoms with E-state index in [0.29, 0.717) is 0 Å². The Morgan fingerprint density at radius 1 is 0.429 bits per heavy atom. The van der Waals surface area contributed by atoms with Crippen LogP contribution in [0.4, 0.5) is 17.1 Å². The van der Waals surface area contributed by atoms with E-state index < -0.39 is 0 Å². The molecule has 0 aliphatic heterocycles. The fraction of sp³-hybridized carbons (Fsp3) is 0.213. The van der Waals surface area contributed by atoms with Gasteiger partial charge in [-0.2, -0.15) is 0 Å². The third kappa shape index (κ3) is 5.83. The highest BCUT2D eigenvalue weighted by Gasteiger charge is 2.43. The average molecular weight is 818 g/mol. The Hall–Kier alpha value is -6.64. The number of para-hydroxylation sites is 2. The minimum absolute atomic E-state index is 0.0184. The van der Waals surface area contributed by atoms with Gasteiger partial charge >= 0.3 is 0 Å². The summed E-state index contributed by atoms with van der Waals surface area (Å²) in [7, 11) is 0. The quantitative estimate of drug-likeness (QED) is 0.172. The molecule has 1 aromatic heterocycles. The van der Waals surface area contributed by atoms with Crippen molar-refractivity contribution in [1.29, 1.82) is 0 Å². The third-order valence-electron chi connectivity index (χ3n) is 14.4. The Bertz CT molecular complexity index is 3290. The molecule has 0 N–H and O–H groups in total. The first-order chi connectivity index (χ1) is 30.2. The number of benzene rings is 8. The zero-order valence-corrected chi connectivity index (χ0v) is 38.0. The number of hydrogen-bond acceptors (Lipinski definition) is 2. The Morgan fingerprint density at radius 3 is 1.83 bits per heavy atom. The topological polar surface area (TPSA) is 16.4 Å². The maximum Gasteiger partial charge on any atom is 0.137 e. The molecule has 9 aromatic rings. The molecule has 1 heterocycles. The van der Waals surface area contributed by atoms with Gasteiger partial charge in [-0.05, 0) is 121 Å². The molecule has 11 rings (SSSR count). The average Bonchev–Trinajstić information content (AvgIpc) is 3.86. The first-order valence-electron chi connectivity index (χ1n) is 22.6. The van der Waals surface area contributed by atoms with Crippen molar-refractivity contribution < 1.29 is 4.42 Å². The van der Waals surface area contributed by atoms with Gasteiger partial charge in [0.2, 0.25) is 0 Å². The maximum absolute atomic E-state index is 6.61. The van der Waals surface area contributed by atoms with Crippen LogP contribution in [0.2, 0.25) is 0 Å². The van der Waals surface area contributed by atoms with E-state index in [1.165, 1.54) is 72.3 Å². The van der Waals surface area contributed by atoms with Crippen LogP contribution in [-0.4, -0.2) is 0 Å². The minimum atomic E-state index is -0.345. The SMILES string of the molecule is CC(C)(C)c1cc(C(C)(C)C)c2c(c1)C(C)(C)c1cccc(-c3ccccc3N(c3ccc4c(c3)C(C)(c3ccccc3)c3ccccc3-4)c3ccc4c(c3)oc3ccccc34)c1-2. The third-order valence-corrected chi connectivity index (χ3v) is 14.4. The molecule has 0 saturated heterocycles. The fourth-order valence-electron chi connectivity index (χ4n) is 11.0. The van der Waals surface area contributed by atoms with Gasteiger partial charge in [0.1, 0.15) is 11.2 Å². The van der Waals surface area contributed by atoms with Crippen molar-refractivity contribution in [2.24, 2.45) is 0 Å². The predicted molar refractivity (Wildman–Crippen MR) is 266 cm³/mol. The van der Waals surface area contributed by atoms with Gasteiger partial charge in [-0.15, -0.1) is 0 Å². The molecule has 8 aromatic carbocycles. The molecule has 2 aliphatic carbocycles. The fourth-order valence-corrected chi connectivity index (χ4v) is 11.0.